The van der Waals surface area contributed by atoms with Gasteiger partial charge in [0, 0.05) is 43.8 Å². The van der Waals surface area contributed by atoms with Crippen molar-refractivity contribution < 1.29 is 4.79 Å². The molecule has 0 unspecified atom stereocenters. The molecule has 3 heterocycles. The summed E-state index contributed by atoms with van der Waals surface area (Å²) in [6, 6.07) is 5.43. The van der Waals surface area contributed by atoms with E-state index in [2.05, 4.69) is 21.5 Å². The minimum absolute atomic E-state index is 0.100. The van der Waals surface area contributed by atoms with Gasteiger partial charge in [-0.2, -0.15) is 11.8 Å². The average Bonchev–Trinajstić information content (AvgIpc) is 2.61. The van der Waals surface area contributed by atoms with Crippen LogP contribution in [0.15, 0.2) is 35.4 Å². The van der Waals surface area contributed by atoms with E-state index >= 15 is 0 Å². The summed E-state index contributed by atoms with van der Waals surface area (Å²) in [6.45, 7) is 3.07. The van der Waals surface area contributed by atoms with Crippen molar-refractivity contribution in [3.63, 3.8) is 0 Å². The van der Waals surface area contributed by atoms with Gasteiger partial charge in [0.05, 0.1) is 0 Å². The predicted octanol–water partition coefficient (Wildman–Crippen LogP) is 1.25. The quantitative estimate of drug-likeness (QED) is 0.883. The number of rotatable bonds is 5. The first-order valence-electron chi connectivity index (χ1n) is 8.17. The molecule has 0 radical (unpaired) electrons. The number of hydrogen-bond acceptors (Lipinski definition) is 5. The Kier molecular flexibility index (Phi) is 5.52. The molecule has 0 aliphatic carbocycles. The van der Waals surface area contributed by atoms with Crippen LogP contribution >= 0.6 is 11.8 Å². The van der Waals surface area contributed by atoms with E-state index in [0.717, 1.165) is 38.2 Å². The van der Waals surface area contributed by atoms with Gasteiger partial charge >= 0.3 is 0 Å². The van der Waals surface area contributed by atoms with Crippen molar-refractivity contribution in [2.75, 3.05) is 31.6 Å². The van der Waals surface area contributed by atoms with Crippen molar-refractivity contribution in [2.45, 2.75) is 18.9 Å². The van der Waals surface area contributed by atoms with Gasteiger partial charge in [-0.25, -0.2) is 4.98 Å². The van der Waals surface area contributed by atoms with Crippen LogP contribution in [0.1, 0.15) is 23.2 Å². The van der Waals surface area contributed by atoms with Gasteiger partial charge in [-0.15, -0.1) is 0 Å². The molecule has 1 saturated heterocycles. The van der Waals surface area contributed by atoms with Crippen LogP contribution < -0.4 is 10.9 Å². The van der Waals surface area contributed by atoms with E-state index < -0.39 is 0 Å². The molecular weight excluding hydrogens is 324 g/mol. The van der Waals surface area contributed by atoms with Gasteiger partial charge in [0.25, 0.3) is 11.5 Å². The number of amides is 1. The second-order valence-electron chi connectivity index (χ2n) is 5.99. The van der Waals surface area contributed by atoms with E-state index in [4.69, 9.17) is 0 Å². The second kappa shape index (κ2) is 7.81. The molecule has 0 atom stereocenters. The maximum atomic E-state index is 12.4. The summed E-state index contributed by atoms with van der Waals surface area (Å²) in [4.78, 5) is 31.5. The molecule has 0 spiro atoms. The van der Waals surface area contributed by atoms with Crippen LogP contribution in [0.5, 0.6) is 0 Å². The lowest BCUT2D eigenvalue weighted by Gasteiger charge is -2.32. The summed E-state index contributed by atoms with van der Waals surface area (Å²) in [7, 11) is 0. The summed E-state index contributed by atoms with van der Waals surface area (Å²) in [5.41, 5.74) is 0.320. The van der Waals surface area contributed by atoms with Crippen molar-refractivity contribution in [1.82, 2.24) is 19.6 Å². The Morgan fingerprint density at radius 1 is 1.38 bits per heavy atom. The molecule has 2 aromatic heterocycles. The third kappa shape index (κ3) is 3.79. The molecule has 1 aliphatic rings. The van der Waals surface area contributed by atoms with E-state index in [1.54, 1.807) is 18.3 Å². The highest BCUT2D eigenvalue weighted by molar-refractivity contribution is 7.98. The zero-order valence-corrected chi connectivity index (χ0v) is 14.6. The number of aromatic nitrogens is 2. The maximum absolute atomic E-state index is 12.4. The molecule has 3 rings (SSSR count). The lowest BCUT2D eigenvalue weighted by atomic mass is 10.0. The Morgan fingerprint density at radius 2 is 2.17 bits per heavy atom. The fourth-order valence-electron chi connectivity index (χ4n) is 2.97. The molecule has 1 N–H and O–H groups in total. The van der Waals surface area contributed by atoms with Crippen molar-refractivity contribution >= 4 is 23.3 Å². The summed E-state index contributed by atoms with van der Waals surface area (Å²) in [5, 5.41) is 2.99. The van der Waals surface area contributed by atoms with Gasteiger partial charge in [-0.3, -0.25) is 14.0 Å². The molecule has 7 heteroatoms. The summed E-state index contributed by atoms with van der Waals surface area (Å²) >= 11 is 1.85. The maximum Gasteiger partial charge on any atom is 0.270 e. The number of likely N-dealkylation sites (tertiary alicyclic amines) is 1. The molecule has 128 valence electrons. The SMILES string of the molecule is CSCCN1CCC(NC(=O)c2cnc3ccccn3c2=O)CC1. The summed E-state index contributed by atoms with van der Waals surface area (Å²) in [5.74, 6) is 0.810. The van der Waals surface area contributed by atoms with Gasteiger partial charge in [0.1, 0.15) is 11.2 Å². The first kappa shape index (κ1) is 17.0. The predicted molar refractivity (Wildman–Crippen MR) is 96.8 cm³/mol. The van der Waals surface area contributed by atoms with Gasteiger partial charge in [-0.1, -0.05) is 6.07 Å². The molecule has 0 bridgehead atoms. The fourth-order valence-corrected chi connectivity index (χ4v) is 3.41. The molecule has 0 saturated carbocycles. The van der Waals surface area contributed by atoms with Crippen LogP contribution in [0.2, 0.25) is 0 Å². The van der Waals surface area contributed by atoms with Crippen molar-refractivity contribution in [1.29, 1.82) is 0 Å². The zero-order chi connectivity index (χ0) is 16.9. The third-order valence-corrected chi connectivity index (χ3v) is 4.98. The molecule has 1 fully saturated rings. The van der Waals surface area contributed by atoms with Gasteiger partial charge in [0.15, 0.2) is 0 Å². The van der Waals surface area contributed by atoms with E-state index in [1.807, 2.05) is 17.8 Å². The summed E-state index contributed by atoms with van der Waals surface area (Å²) < 4.78 is 1.40. The number of hydrogen-bond donors (Lipinski definition) is 1. The molecular formula is C17H22N4O2S. The van der Waals surface area contributed by atoms with Crippen LogP contribution in [0.3, 0.4) is 0 Å². The zero-order valence-electron chi connectivity index (χ0n) is 13.8. The van der Waals surface area contributed by atoms with Crippen LogP contribution in [0.25, 0.3) is 5.65 Å². The smallest absolute Gasteiger partial charge is 0.270 e. The molecule has 6 nitrogen and oxygen atoms in total. The Balaban J connectivity index is 1.64. The minimum Gasteiger partial charge on any atom is -0.349 e. The highest BCUT2D eigenvalue weighted by Gasteiger charge is 2.22. The molecule has 1 amide bonds. The van der Waals surface area contributed by atoms with Crippen LogP contribution in [0.4, 0.5) is 0 Å². The number of nitrogens with one attached hydrogen (secondary N) is 1. The Bertz CT molecular complexity index is 769. The lowest BCUT2D eigenvalue weighted by molar-refractivity contribution is 0.0911. The van der Waals surface area contributed by atoms with Crippen molar-refractivity contribution in [3.8, 4) is 0 Å². The number of pyridine rings is 1. The first-order chi connectivity index (χ1) is 11.7. The Labute approximate surface area is 145 Å². The summed E-state index contributed by atoms with van der Waals surface area (Å²) in [6.07, 6.45) is 6.96. The number of piperidine rings is 1. The topological polar surface area (TPSA) is 66.7 Å². The molecule has 2 aromatic rings. The van der Waals surface area contributed by atoms with E-state index in [1.165, 1.54) is 10.6 Å². The number of carbonyl (C=O) groups is 1. The van der Waals surface area contributed by atoms with Crippen LogP contribution in [0, 0.1) is 0 Å². The Morgan fingerprint density at radius 3 is 2.92 bits per heavy atom. The highest BCUT2D eigenvalue weighted by Crippen LogP contribution is 2.11. The van der Waals surface area contributed by atoms with Crippen molar-refractivity contribution in [3.05, 3.63) is 46.5 Å². The second-order valence-corrected chi connectivity index (χ2v) is 6.97. The van der Waals surface area contributed by atoms with E-state index in [9.17, 15) is 9.59 Å². The van der Waals surface area contributed by atoms with E-state index in [0.29, 0.717) is 5.65 Å². The monoisotopic (exact) mass is 346 g/mol. The number of nitrogens with zero attached hydrogens (tertiary/aromatic N) is 3. The molecule has 1 aliphatic heterocycles. The highest BCUT2D eigenvalue weighted by atomic mass is 32.2. The first-order valence-corrected chi connectivity index (χ1v) is 9.57. The third-order valence-electron chi connectivity index (χ3n) is 4.39. The number of thioether (sulfide) groups is 1. The fraction of sp³-hybridized carbons (Fsp3) is 0.471. The lowest BCUT2D eigenvalue weighted by Crippen LogP contribution is -2.46. The van der Waals surface area contributed by atoms with E-state index in [-0.39, 0.29) is 23.1 Å². The number of carbonyl (C=O) groups excluding carboxylic acids is 1. The normalized spacial score (nSPS) is 16.4. The Hall–Kier alpha value is -1.86. The van der Waals surface area contributed by atoms with Crippen LogP contribution in [-0.2, 0) is 0 Å². The van der Waals surface area contributed by atoms with Crippen molar-refractivity contribution in [2.24, 2.45) is 0 Å². The molecule has 0 aromatic carbocycles. The number of fused-ring (bicyclic) bond motifs is 1. The molecule has 24 heavy (non-hydrogen) atoms. The van der Waals surface area contributed by atoms with Gasteiger partial charge < -0.3 is 10.2 Å². The van der Waals surface area contributed by atoms with Crippen LogP contribution in [-0.4, -0.2) is 57.9 Å². The van der Waals surface area contributed by atoms with Gasteiger partial charge in [0.2, 0.25) is 0 Å². The standard InChI is InChI=1S/C17H22N4O2S/c1-24-11-10-20-8-5-13(6-9-20)19-16(22)14-12-18-15-4-2-3-7-21(15)17(14)23/h2-4,7,12-13H,5-6,8-11H2,1H3,(H,19,22). The average molecular weight is 346 g/mol. The minimum atomic E-state index is -0.326. The largest absolute Gasteiger partial charge is 0.349 e. The van der Waals surface area contributed by atoms with Gasteiger partial charge in [-0.05, 0) is 31.2 Å².